The van der Waals surface area contributed by atoms with Gasteiger partial charge in [-0.25, -0.2) is 4.98 Å². The average Bonchev–Trinajstić information content (AvgIpc) is 2.34. The van der Waals surface area contributed by atoms with Crippen molar-refractivity contribution in [3.05, 3.63) is 59.0 Å². The highest BCUT2D eigenvalue weighted by atomic mass is 19.1. The highest BCUT2D eigenvalue weighted by Gasteiger charge is 2.06. The number of aromatic nitrogens is 1. The molecule has 1 N–H and O–H groups in total. The maximum absolute atomic E-state index is 12.9. The molecule has 1 amide bonds. The third-order valence-electron chi connectivity index (χ3n) is 2.92. The highest BCUT2D eigenvalue weighted by Crippen LogP contribution is 2.11. The van der Waals surface area contributed by atoms with Crippen LogP contribution in [0.15, 0.2) is 36.4 Å². The van der Waals surface area contributed by atoms with Gasteiger partial charge in [-0.1, -0.05) is 24.3 Å². The maximum atomic E-state index is 12.9. The van der Waals surface area contributed by atoms with Gasteiger partial charge in [0.1, 0.15) is 5.82 Å². The number of carbonyl (C=O) groups excluding carboxylic acids is 1. The summed E-state index contributed by atoms with van der Waals surface area (Å²) in [5.41, 5.74) is 3.27. The van der Waals surface area contributed by atoms with Crippen molar-refractivity contribution in [1.82, 2.24) is 4.98 Å². The standard InChI is InChI=1S/C15H15FN2O/c1-10-6-7-12(8-11(10)2)9-15(19)18-14-5-3-4-13(16)17-14/h3-8H,9H2,1-2H3,(H,17,18,19). The quantitative estimate of drug-likeness (QED) is 0.860. The summed E-state index contributed by atoms with van der Waals surface area (Å²) in [7, 11) is 0. The molecule has 2 aromatic rings. The fourth-order valence-electron chi connectivity index (χ4n) is 1.76. The summed E-state index contributed by atoms with van der Waals surface area (Å²) in [6, 6.07) is 10.2. The van der Waals surface area contributed by atoms with Gasteiger partial charge in [-0.2, -0.15) is 4.39 Å². The Morgan fingerprint density at radius 3 is 2.68 bits per heavy atom. The van der Waals surface area contributed by atoms with Crippen LogP contribution in [-0.4, -0.2) is 10.9 Å². The Bertz CT molecular complexity index is 611. The van der Waals surface area contributed by atoms with E-state index in [-0.39, 0.29) is 18.1 Å². The second-order valence-corrected chi connectivity index (χ2v) is 4.49. The first kappa shape index (κ1) is 13.2. The fourth-order valence-corrected chi connectivity index (χ4v) is 1.76. The maximum Gasteiger partial charge on any atom is 0.229 e. The Kier molecular flexibility index (Phi) is 3.90. The van der Waals surface area contributed by atoms with Crippen LogP contribution in [0.5, 0.6) is 0 Å². The monoisotopic (exact) mass is 258 g/mol. The number of hydrogen-bond acceptors (Lipinski definition) is 2. The van der Waals surface area contributed by atoms with Crippen molar-refractivity contribution >= 4 is 11.7 Å². The third kappa shape index (κ3) is 3.61. The Hall–Kier alpha value is -2.23. The molecule has 0 spiro atoms. The molecule has 0 radical (unpaired) electrons. The lowest BCUT2D eigenvalue weighted by atomic mass is 10.0. The normalized spacial score (nSPS) is 10.3. The summed E-state index contributed by atoms with van der Waals surface area (Å²) in [6.07, 6.45) is 0.249. The molecule has 0 unspecified atom stereocenters. The molecule has 1 aromatic carbocycles. The van der Waals surface area contributed by atoms with Gasteiger partial charge < -0.3 is 5.32 Å². The minimum absolute atomic E-state index is 0.207. The van der Waals surface area contributed by atoms with Gasteiger partial charge >= 0.3 is 0 Å². The molecule has 0 saturated carbocycles. The molecule has 1 heterocycles. The Labute approximate surface area is 111 Å². The van der Waals surface area contributed by atoms with Crippen LogP contribution in [0.2, 0.25) is 0 Å². The van der Waals surface area contributed by atoms with Crippen LogP contribution >= 0.6 is 0 Å². The summed E-state index contributed by atoms with van der Waals surface area (Å²) in [5.74, 6) is -0.584. The van der Waals surface area contributed by atoms with Crippen molar-refractivity contribution in [3.8, 4) is 0 Å². The van der Waals surface area contributed by atoms with Crippen molar-refractivity contribution in [1.29, 1.82) is 0 Å². The summed E-state index contributed by atoms with van der Waals surface area (Å²) in [6.45, 7) is 4.03. The number of halogens is 1. The lowest BCUT2D eigenvalue weighted by Crippen LogP contribution is -2.15. The Morgan fingerprint density at radius 2 is 2.00 bits per heavy atom. The van der Waals surface area contributed by atoms with Crippen molar-refractivity contribution < 1.29 is 9.18 Å². The molecule has 0 bridgehead atoms. The van der Waals surface area contributed by atoms with Crippen LogP contribution in [0.4, 0.5) is 10.2 Å². The van der Waals surface area contributed by atoms with E-state index >= 15 is 0 Å². The lowest BCUT2D eigenvalue weighted by molar-refractivity contribution is -0.115. The predicted molar refractivity (Wildman–Crippen MR) is 72.4 cm³/mol. The highest BCUT2D eigenvalue weighted by molar-refractivity contribution is 5.91. The second kappa shape index (κ2) is 5.61. The molecule has 0 aliphatic carbocycles. The zero-order valence-corrected chi connectivity index (χ0v) is 10.9. The summed E-state index contributed by atoms with van der Waals surface area (Å²) < 4.78 is 12.9. The number of anilines is 1. The molecule has 3 nitrogen and oxygen atoms in total. The number of aryl methyl sites for hydroxylation is 2. The minimum Gasteiger partial charge on any atom is -0.310 e. The second-order valence-electron chi connectivity index (χ2n) is 4.49. The van der Waals surface area contributed by atoms with Gasteiger partial charge in [0.2, 0.25) is 11.9 Å². The van der Waals surface area contributed by atoms with Gasteiger partial charge in [0.15, 0.2) is 0 Å². The van der Waals surface area contributed by atoms with E-state index in [2.05, 4.69) is 10.3 Å². The molecule has 98 valence electrons. The van der Waals surface area contributed by atoms with E-state index in [1.54, 1.807) is 6.07 Å². The fraction of sp³-hybridized carbons (Fsp3) is 0.200. The van der Waals surface area contributed by atoms with E-state index in [9.17, 15) is 9.18 Å². The molecule has 4 heteroatoms. The van der Waals surface area contributed by atoms with Gasteiger partial charge in [0.05, 0.1) is 6.42 Å². The summed E-state index contributed by atoms with van der Waals surface area (Å²) in [4.78, 5) is 15.4. The molecule has 0 saturated heterocycles. The number of benzene rings is 1. The van der Waals surface area contributed by atoms with Gasteiger partial charge in [0.25, 0.3) is 0 Å². The molecule has 2 rings (SSSR count). The van der Waals surface area contributed by atoms with Crippen LogP contribution < -0.4 is 5.32 Å². The van der Waals surface area contributed by atoms with Crippen LogP contribution in [0.1, 0.15) is 16.7 Å². The number of nitrogens with one attached hydrogen (secondary N) is 1. The van der Waals surface area contributed by atoms with Crippen molar-refractivity contribution in [2.75, 3.05) is 5.32 Å². The summed E-state index contributed by atoms with van der Waals surface area (Å²) in [5, 5.41) is 2.58. The molecule has 0 aliphatic heterocycles. The first-order valence-corrected chi connectivity index (χ1v) is 6.03. The molecule has 0 aliphatic rings. The van der Waals surface area contributed by atoms with E-state index in [4.69, 9.17) is 0 Å². The van der Waals surface area contributed by atoms with E-state index in [1.807, 2.05) is 32.0 Å². The van der Waals surface area contributed by atoms with Crippen LogP contribution in [0, 0.1) is 19.8 Å². The van der Waals surface area contributed by atoms with Crippen molar-refractivity contribution in [3.63, 3.8) is 0 Å². The van der Waals surface area contributed by atoms with Gasteiger partial charge in [-0.3, -0.25) is 4.79 Å². The summed E-state index contributed by atoms with van der Waals surface area (Å²) >= 11 is 0. The third-order valence-corrected chi connectivity index (χ3v) is 2.92. The first-order valence-electron chi connectivity index (χ1n) is 6.03. The number of carbonyl (C=O) groups is 1. The largest absolute Gasteiger partial charge is 0.310 e. The zero-order chi connectivity index (χ0) is 13.8. The SMILES string of the molecule is Cc1ccc(CC(=O)Nc2cccc(F)n2)cc1C. The Morgan fingerprint density at radius 1 is 1.21 bits per heavy atom. The van der Waals surface area contributed by atoms with Crippen molar-refractivity contribution in [2.24, 2.45) is 0 Å². The van der Waals surface area contributed by atoms with Crippen LogP contribution in [0.3, 0.4) is 0 Å². The van der Waals surface area contributed by atoms with E-state index in [1.165, 1.54) is 17.7 Å². The molecule has 0 atom stereocenters. The zero-order valence-electron chi connectivity index (χ0n) is 10.9. The van der Waals surface area contributed by atoms with Crippen LogP contribution in [0.25, 0.3) is 0 Å². The number of pyridine rings is 1. The molecule has 19 heavy (non-hydrogen) atoms. The Balaban J connectivity index is 2.03. The van der Waals surface area contributed by atoms with E-state index < -0.39 is 5.95 Å². The first-order chi connectivity index (χ1) is 9.04. The number of hydrogen-bond donors (Lipinski definition) is 1. The topological polar surface area (TPSA) is 42.0 Å². The number of amides is 1. The van der Waals surface area contributed by atoms with E-state index in [0.29, 0.717) is 0 Å². The van der Waals surface area contributed by atoms with Gasteiger partial charge in [-0.15, -0.1) is 0 Å². The molecule has 0 fully saturated rings. The van der Waals surface area contributed by atoms with Crippen LogP contribution in [-0.2, 0) is 11.2 Å². The average molecular weight is 258 g/mol. The molecule has 1 aromatic heterocycles. The van der Waals surface area contributed by atoms with Gasteiger partial charge in [0, 0.05) is 0 Å². The minimum atomic E-state index is -0.607. The number of nitrogens with zero attached hydrogens (tertiary/aromatic N) is 1. The molecular weight excluding hydrogens is 243 g/mol. The van der Waals surface area contributed by atoms with Crippen molar-refractivity contribution in [2.45, 2.75) is 20.3 Å². The smallest absolute Gasteiger partial charge is 0.229 e. The number of rotatable bonds is 3. The molecular formula is C15H15FN2O. The predicted octanol–water partition coefficient (Wildman–Crippen LogP) is 3.02. The van der Waals surface area contributed by atoms with Gasteiger partial charge in [-0.05, 0) is 42.7 Å². The van der Waals surface area contributed by atoms with E-state index in [0.717, 1.165) is 11.1 Å². The lowest BCUT2D eigenvalue weighted by Gasteiger charge is -2.06.